The fourth-order valence-corrected chi connectivity index (χ4v) is 3.39. The Bertz CT molecular complexity index is 554. The lowest BCUT2D eigenvalue weighted by Gasteiger charge is -2.30. The summed E-state index contributed by atoms with van der Waals surface area (Å²) < 4.78 is 0. The Kier molecular flexibility index (Phi) is 10.8. The molecular formula is C19H33N3O7. The number of carboxylic acids is 3. The quantitative estimate of drug-likeness (QED) is 0.420. The minimum Gasteiger partial charge on any atom is -0.480 e. The molecule has 0 aromatic carbocycles. The Morgan fingerprint density at radius 1 is 0.793 bits per heavy atom. The van der Waals surface area contributed by atoms with Crippen molar-refractivity contribution in [2.75, 3.05) is 52.4 Å². The van der Waals surface area contributed by atoms with Crippen molar-refractivity contribution in [3.05, 3.63) is 0 Å². The molecule has 0 bridgehead atoms. The normalized spacial score (nSPS) is 18.6. The Hall–Kier alpha value is -2.04. The number of nitrogens with zero attached hydrogens (tertiary/aromatic N) is 3. The third-order valence-corrected chi connectivity index (χ3v) is 5.13. The number of Topliss-reactive ketones (excluding diaryl/α,β-unsaturated/α-hetero) is 1. The number of carboxylic acid groups (broad SMARTS) is 3. The van der Waals surface area contributed by atoms with E-state index in [0.717, 1.165) is 0 Å². The summed E-state index contributed by atoms with van der Waals surface area (Å²) in [4.78, 5) is 51.0. The number of carbonyl (C=O) groups excluding carboxylic acids is 1. The number of ketones is 1. The summed E-state index contributed by atoms with van der Waals surface area (Å²) in [5.41, 5.74) is 0. The fourth-order valence-electron chi connectivity index (χ4n) is 3.39. The van der Waals surface area contributed by atoms with Crippen molar-refractivity contribution in [1.29, 1.82) is 0 Å². The second kappa shape index (κ2) is 12.5. The Balaban J connectivity index is 2.85. The molecule has 29 heavy (non-hydrogen) atoms. The molecule has 1 aliphatic rings. The Morgan fingerprint density at radius 3 is 1.62 bits per heavy atom. The average molecular weight is 415 g/mol. The molecule has 10 heteroatoms. The molecule has 10 nitrogen and oxygen atoms in total. The lowest BCUT2D eigenvalue weighted by molar-refractivity contribution is -0.144. The van der Waals surface area contributed by atoms with E-state index in [1.54, 1.807) is 14.7 Å². The van der Waals surface area contributed by atoms with Crippen LogP contribution in [-0.2, 0) is 19.2 Å². The summed E-state index contributed by atoms with van der Waals surface area (Å²) in [5, 5.41) is 27.9. The van der Waals surface area contributed by atoms with Crippen LogP contribution in [0.25, 0.3) is 0 Å². The molecule has 1 unspecified atom stereocenters. The van der Waals surface area contributed by atoms with Gasteiger partial charge in [-0.3, -0.25) is 33.9 Å². The van der Waals surface area contributed by atoms with E-state index in [0.29, 0.717) is 58.5 Å². The van der Waals surface area contributed by atoms with Gasteiger partial charge in [-0.1, -0.05) is 13.8 Å². The zero-order valence-electron chi connectivity index (χ0n) is 17.2. The Labute approximate surface area is 171 Å². The van der Waals surface area contributed by atoms with Gasteiger partial charge in [0.25, 0.3) is 0 Å². The molecule has 1 fully saturated rings. The van der Waals surface area contributed by atoms with Crippen LogP contribution in [0.4, 0.5) is 0 Å². The fraction of sp³-hybridized carbons (Fsp3) is 0.789. The SMILES string of the molecule is CC(C)C(=O)CCCC(C(=O)O)N1CCN(CC(=O)O)CCN(CC(=O)O)CC1. The molecule has 0 aromatic rings. The third kappa shape index (κ3) is 9.82. The van der Waals surface area contributed by atoms with E-state index < -0.39 is 23.9 Å². The molecular weight excluding hydrogens is 382 g/mol. The predicted octanol–water partition coefficient (Wildman–Crippen LogP) is -0.0762. The maximum Gasteiger partial charge on any atom is 0.320 e. The standard InChI is InChI=1S/C19H33N3O7/c1-14(2)16(23)5-3-4-15(19(28)29)22-10-8-20(12-17(24)25)6-7-21(9-11-22)13-18(26)27/h14-15H,3-13H2,1-2H3,(H,24,25)(H,26,27)(H,28,29). The van der Waals surface area contributed by atoms with Crippen molar-refractivity contribution in [3.8, 4) is 0 Å². The summed E-state index contributed by atoms with van der Waals surface area (Å²) in [6.45, 7) is 5.53. The topological polar surface area (TPSA) is 139 Å². The van der Waals surface area contributed by atoms with Crippen LogP contribution in [-0.4, -0.2) is 112 Å². The minimum absolute atomic E-state index is 0.0855. The van der Waals surface area contributed by atoms with Crippen molar-refractivity contribution < 1.29 is 34.5 Å². The van der Waals surface area contributed by atoms with Gasteiger partial charge in [0.05, 0.1) is 13.1 Å². The first-order valence-electron chi connectivity index (χ1n) is 9.98. The molecule has 0 aromatic heterocycles. The van der Waals surface area contributed by atoms with Crippen molar-refractivity contribution in [3.63, 3.8) is 0 Å². The van der Waals surface area contributed by atoms with E-state index in [-0.39, 0.29) is 24.8 Å². The first-order valence-corrected chi connectivity index (χ1v) is 9.98. The van der Waals surface area contributed by atoms with E-state index in [2.05, 4.69) is 0 Å². The van der Waals surface area contributed by atoms with Crippen LogP contribution in [0.2, 0.25) is 0 Å². The van der Waals surface area contributed by atoms with Gasteiger partial charge in [-0.2, -0.15) is 0 Å². The molecule has 1 aliphatic heterocycles. The Morgan fingerprint density at radius 2 is 1.24 bits per heavy atom. The molecule has 0 amide bonds. The molecule has 0 aliphatic carbocycles. The second-order valence-corrected chi connectivity index (χ2v) is 7.74. The summed E-state index contributed by atoms with van der Waals surface area (Å²) >= 11 is 0. The van der Waals surface area contributed by atoms with Crippen molar-refractivity contribution in [2.24, 2.45) is 5.92 Å². The smallest absolute Gasteiger partial charge is 0.320 e. The van der Waals surface area contributed by atoms with Crippen LogP contribution in [0.15, 0.2) is 0 Å². The molecule has 166 valence electrons. The van der Waals surface area contributed by atoms with Crippen molar-refractivity contribution in [2.45, 2.75) is 39.2 Å². The molecule has 0 saturated carbocycles. The van der Waals surface area contributed by atoms with Crippen LogP contribution in [0.3, 0.4) is 0 Å². The monoisotopic (exact) mass is 415 g/mol. The van der Waals surface area contributed by atoms with Gasteiger partial charge < -0.3 is 15.3 Å². The molecule has 3 N–H and O–H groups in total. The largest absolute Gasteiger partial charge is 0.480 e. The van der Waals surface area contributed by atoms with E-state index in [9.17, 15) is 24.3 Å². The van der Waals surface area contributed by atoms with Gasteiger partial charge in [0.1, 0.15) is 11.8 Å². The van der Waals surface area contributed by atoms with Crippen LogP contribution in [0, 0.1) is 5.92 Å². The van der Waals surface area contributed by atoms with Gasteiger partial charge in [0, 0.05) is 51.6 Å². The van der Waals surface area contributed by atoms with Gasteiger partial charge in [-0.15, -0.1) is 0 Å². The van der Waals surface area contributed by atoms with Crippen LogP contribution in [0.1, 0.15) is 33.1 Å². The van der Waals surface area contributed by atoms with Gasteiger partial charge in [-0.05, 0) is 12.8 Å². The van der Waals surface area contributed by atoms with Crippen molar-refractivity contribution in [1.82, 2.24) is 14.7 Å². The van der Waals surface area contributed by atoms with Crippen molar-refractivity contribution >= 4 is 23.7 Å². The average Bonchev–Trinajstić information content (AvgIpc) is 2.69. The minimum atomic E-state index is -0.990. The van der Waals surface area contributed by atoms with Gasteiger partial charge in [0.15, 0.2) is 0 Å². The maximum absolute atomic E-state index is 11.9. The van der Waals surface area contributed by atoms with E-state index in [1.807, 2.05) is 13.8 Å². The first-order chi connectivity index (χ1) is 13.6. The lowest BCUT2D eigenvalue weighted by atomic mass is 10.0. The molecule has 1 heterocycles. The maximum atomic E-state index is 11.9. The molecule has 1 rings (SSSR count). The second-order valence-electron chi connectivity index (χ2n) is 7.74. The summed E-state index contributed by atoms with van der Waals surface area (Å²) in [7, 11) is 0. The first kappa shape index (κ1) is 25.0. The van der Waals surface area contributed by atoms with Gasteiger partial charge >= 0.3 is 17.9 Å². The zero-order chi connectivity index (χ0) is 22.0. The number of rotatable bonds is 11. The van der Waals surface area contributed by atoms with Crippen LogP contribution >= 0.6 is 0 Å². The predicted molar refractivity (Wildman–Crippen MR) is 105 cm³/mol. The summed E-state index contributed by atoms with van der Waals surface area (Å²) in [6, 6.07) is -0.800. The third-order valence-electron chi connectivity index (χ3n) is 5.13. The molecule has 0 radical (unpaired) electrons. The van der Waals surface area contributed by atoms with Gasteiger partial charge in [-0.25, -0.2) is 0 Å². The van der Waals surface area contributed by atoms with E-state index in [1.165, 1.54) is 0 Å². The molecule has 0 spiro atoms. The number of carbonyl (C=O) groups is 4. The van der Waals surface area contributed by atoms with Gasteiger partial charge in [0.2, 0.25) is 0 Å². The highest BCUT2D eigenvalue weighted by atomic mass is 16.4. The lowest BCUT2D eigenvalue weighted by Crippen LogP contribution is -2.47. The van der Waals surface area contributed by atoms with Crippen LogP contribution < -0.4 is 0 Å². The number of hydrogen-bond donors (Lipinski definition) is 3. The summed E-state index contributed by atoms with van der Waals surface area (Å²) in [6.07, 6.45) is 1.10. The zero-order valence-corrected chi connectivity index (χ0v) is 17.2. The number of aliphatic carboxylic acids is 3. The van der Waals surface area contributed by atoms with E-state index >= 15 is 0 Å². The molecule has 1 atom stereocenters. The van der Waals surface area contributed by atoms with E-state index in [4.69, 9.17) is 10.2 Å². The highest BCUT2D eigenvalue weighted by Gasteiger charge is 2.28. The molecule has 1 saturated heterocycles. The summed E-state index contributed by atoms with van der Waals surface area (Å²) in [5.74, 6) is -2.95. The highest BCUT2D eigenvalue weighted by molar-refractivity contribution is 5.80. The number of hydrogen-bond acceptors (Lipinski definition) is 7. The van der Waals surface area contributed by atoms with Crippen LogP contribution in [0.5, 0.6) is 0 Å². The highest BCUT2D eigenvalue weighted by Crippen LogP contribution is 2.13.